The highest BCUT2D eigenvalue weighted by molar-refractivity contribution is 5.60. The van der Waals surface area contributed by atoms with E-state index >= 15 is 0 Å². The van der Waals surface area contributed by atoms with Gasteiger partial charge in [0.25, 0.3) is 0 Å². The molecule has 0 aliphatic carbocycles. The van der Waals surface area contributed by atoms with Gasteiger partial charge >= 0.3 is 5.69 Å². The van der Waals surface area contributed by atoms with Crippen molar-refractivity contribution >= 4 is 11.5 Å². The van der Waals surface area contributed by atoms with Gasteiger partial charge in [0.15, 0.2) is 0 Å². The number of aromatic nitrogens is 2. The van der Waals surface area contributed by atoms with Crippen LogP contribution in [0.4, 0.5) is 11.5 Å². The molecule has 0 aromatic carbocycles. The Morgan fingerprint density at radius 3 is 2.71 bits per heavy atom. The fourth-order valence-electron chi connectivity index (χ4n) is 2.87. The maximum Gasteiger partial charge on any atom is 0.333 e. The third-order valence-electron chi connectivity index (χ3n) is 4.25. The van der Waals surface area contributed by atoms with Crippen molar-refractivity contribution in [1.82, 2.24) is 15.1 Å². The Balaban J connectivity index is 2.17. The first-order valence-electron chi connectivity index (χ1n) is 7.62. The maximum atomic E-state index is 11.4. The van der Waals surface area contributed by atoms with Crippen LogP contribution >= 0.6 is 0 Å². The molecule has 0 radical (unpaired) electrons. The van der Waals surface area contributed by atoms with Crippen LogP contribution in [0.5, 0.6) is 0 Å². The third-order valence-corrected chi connectivity index (χ3v) is 4.25. The van der Waals surface area contributed by atoms with Crippen LogP contribution in [0.25, 0.3) is 0 Å². The van der Waals surface area contributed by atoms with Gasteiger partial charge in [-0.2, -0.15) is 5.10 Å². The van der Waals surface area contributed by atoms with Gasteiger partial charge in [-0.3, -0.25) is 10.1 Å². The molecule has 1 fully saturated rings. The van der Waals surface area contributed by atoms with Crippen LogP contribution in [0.15, 0.2) is 0 Å². The summed E-state index contributed by atoms with van der Waals surface area (Å²) in [5, 5.41) is 22.3. The molecule has 0 unspecified atom stereocenters. The van der Waals surface area contributed by atoms with Crippen molar-refractivity contribution in [2.75, 3.05) is 25.0 Å². The quantitative estimate of drug-likeness (QED) is 0.620. The number of hydrogen-bond donors (Lipinski definition) is 2. The lowest BCUT2D eigenvalue weighted by Gasteiger charge is -2.34. The molecule has 0 spiro atoms. The van der Waals surface area contributed by atoms with Crippen molar-refractivity contribution in [3.63, 3.8) is 0 Å². The molecule has 1 aliphatic rings. The van der Waals surface area contributed by atoms with E-state index in [9.17, 15) is 10.1 Å². The second-order valence-electron chi connectivity index (χ2n) is 6.19. The minimum Gasteiger partial charge on any atom is -0.364 e. The number of anilines is 1. The number of piperidine rings is 1. The summed E-state index contributed by atoms with van der Waals surface area (Å²) in [5.74, 6) is 0.531. The van der Waals surface area contributed by atoms with Gasteiger partial charge in [-0.15, -0.1) is 0 Å². The van der Waals surface area contributed by atoms with Gasteiger partial charge < -0.3 is 10.6 Å². The lowest BCUT2D eigenvalue weighted by atomic mass is 9.81. The normalized spacial score (nSPS) is 17.7. The number of rotatable bonds is 6. The summed E-state index contributed by atoms with van der Waals surface area (Å²) >= 11 is 0. The first-order chi connectivity index (χ1) is 9.97. The topological polar surface area (TPSA) is 85.0 Å². The van der Waals surface area contributed by atoms with Crippen LogP contribution in [-0.2, 0) is 13.5 Å². The monoisotopic (exact) mass is 295 g/mol. The van der Waals surface area contributed by atoms with E-state index in [0.29, 0.717) is 17.9 Å². The first-order valence-corrected chi connectivity index (χ1v) is 7.62. The summed E-state index contributed by atoms with van der Waals surface area (Å²) in [6.45, 7) is 6.98. The van der Waals surface area contributed by atoms with E-state index < -0.39 is 0 Å². The average Bonchev–Trinajstić information content (AvgIpc) is 2.74. The van der Waals surface area contributed by atoms with E-state index in [1.165, 1.54) is 0 Å². The molecule has 2 rings (SSSR count). The highest BCUT2D eigenvalue weighted by atomic mass is 16.6. The molecule has 2 heterocycles. The Morgan fingerprint density at radius 1 is 1.48 bits per heavy atom. The fourth-order valence-corrected chi connectivity index (χ4v) is 2.87. The van der Waals surface area contributed by atoms with Gasteiger partial charge in [0.05, 0.1) is 4.92 Å². The minimum atomic E-state index is -0.314. The minimum absolute atomic E-state index is 0.136. The van der Waals surface area contributed by atoms with Gasteiger partial charge in [0.1, 0.15) is 5.69 Å². The second-order valence-corrected chi connectivity index (χ2v) is 6.19. The van der Waals surface area contributed by atoms with Crippen molar-refractivity contribution in [3.05, 3.63) is 15.8 Å². The smallest absolute Gasteiger partial charge is 0.333 e. The molecule has 1 saturated heterocycles. The predicted octanol–water partition coefficient (Wildman–Crippen LogP) is 2.08. The predicted molar refractivity (Wildman–Crippen MR) is 82.6 cm³/mol. The Kier molecular flexibility index (Phi) is 4.82. The summed E-state index contributed by atoms with van der Waals surface area (Å²) in [6.07, 6.45) is 3.63. The van der Waals surface area contributed by atoms with Crippen LogP contribution in [0.2, 0.25) is 0 Å². The fraction of sp³-hybridized carbons (Fsp3) is 0.786. The third kappa shape index (κ3) is 3.53. The molecule has 1 aromatic heterocycles. The standard InChI is InChI=1S/C14H25N5O2/c1-4-5-11-12(19(20)21)13(18(3)17-11)16-10-14(2)6-8-15-9-7-14/h15-16H,4-10H2,1-3H3. The van der Waals surface area contributed by atoms with Crippen molar-refractivity contribution in [2.24, 2.45) is 12.5 Å². The van der Waals surface area contributed by atoms with Gasteiger partial charge in [0.2, 0.25) is 5.82 Å². The van der Waals surface area contributed by atoms with Crippen molar-refractivity contribution < 1.29 is 4.92 Å². The number of nitrogens with zero attached hydrogens (tertiary/aromatic N) is 3. The molecule has 7 nitrogen and oxygen atoms in total. The van der Waals surface area contributed by atoms with Gasteiger partial charge in [-0.05, 0) is 37.8 Å². The van der Waals surface area contributed by atoms with Crippen LogP contribution in [-0.4, -0.2) is 34.3 Å². The van der Waals surface area contributed by atoms with Gasteiger partial charge in [-0.25, -0.2) is 4.68 Å². The molecular formula is C14H25N5O2. The van der Waals surface area contributed by atoms with Crippen LogP contribution < -0.4 is 10.6 Å². The van der Waals surface area contributed by atoms with Crippen LogP contribution in [0, 0.1) is 15.5 Å². The van der Waals surface area contributed by atoms with E-state index in [1.807, 2.05) is 6.92 Å². The first kappa shape index (κ1) is 15.8. The van der Waals surface area contributed by atoms with Gasteiger partial charge in [-0.1, -0.05) is 20.3 Å². The zero-order chi connectivity index (χ0) is 15.5. The molecular weight excluding hydrogens is 270 g/mol. The highest BCUT2D eigenvalue weighted by Crippen LogP contribution is 2.32. The maximum absolute atomic E-state index is 11.4. The van der Waals surface area contributed by atoms with Crippen LogP contribution in [0.3, 0.4) is 0 Å². The zero-order valence-electron chi connectivity index (χ0n) is 13.1. The number of aryl methyl sites for hydroxylation is 2. The van der Waals surface area contributed by atoms with Gasteiger partial charge in [0, 0.05) is 13.6 Å². The highest BCUT2D eigenvalue weighted by Gasteiger charge is 2.30. The van der Waals surface area contributed by atoms with Crippen molar-refractivity contribution in [1.29, 1.82) is 0 Å². The average molecular weight is 295 g/mol. The summed E-state index contributed by atoms with van der Waals surface area (Å²) in [7, 11) is 1.76. The number of nitrogens with one attached hydrogen (secondary N) is 2. The van der Waals surface area contributed by atoms with E-state index in [0.717, 1.165) is 38.9 Å². The SMILES string of the molecule is CCCc1nn(C)c(NCC2(C)CCNCC2)c1[N+](=O)[O-]. The zero-order valence-corrected chi connectivity index (χ0v) is 13.1. The largest absolute Gasteiger partial charge is 0.364 e. The summed E-state index contributed by atoms with van der Waals surface area (Å²) < 4.78 is 1.60. The Morgan fingerprint density at radius 2 is 2.14 bits per heavy atom. The Labute approximate surface area is 125 Å². The molecule has 1 aliphatic heterocycles. The number of hydrogen-bond acceptors (Lipinski definition) is 5. The van der Waals surface area contributed by atoms with E-state index in [4.69, 9.17) is 0 Å². The Bertz CT molecular complexity index is 506. The number of nitro groups is 1. The summed E-state index contributed by atoms with van der Waals surface area (Å²) in [5.41, 5.74) is 0.883. The van der Waals surface area contributed by atoms with Crippen LogP contribution in [0.1, 0.15) is 38.8 Å². The molecule has 0 bridgehead atoms. The molecule has 7 heteroatoms. The Hall–Kier alpha value is -1.63. The molecule has 1 aromatic rings. The molecule has 0 atom stereocenters. The summed E-state index contributed by atoms with van der Waals surface area (Å²) in [4.78, 5) is 11.0. The van der Waals surface area contributed by atoms with E-state index in [2.05, 4.69) is 22.7 Å². The summed E-state index contributed by atoms with van der Waals surface area (Å²) in [6, 6.07) is 0. The molecule has 2 N–H and O–H groups in total. The molecule has 118 valence electrons. The lowest BCUT2D eigenvalue weighted by molar-refractivity contribution is -0.384. The lowest BCUT2D eigenvalue weighted by Crippen LogP contribution is -2.39. The van der Waals surface area contributed by atoms with E-state index in [1.54, 1.807) is 11.7 Å². The van der Waals surface area contributed by atoms with E-state index in [-0.39, 0.29) is 16.0 Å². The second kappa shape index (κ2) is 6.43. The molecule has 0 amide bonds. The van der Waals surface area contributed by atoms with Crippen molar-refractivity contribution in [3.8, 4) is 0 Å². The molecule has 0 saturated carbocycles. The molecule has 21 heavy (non-hydrogen) atoms. The van der Waals surface area contributed by atoms with Crippen molar-refractivity contribution in [2.45, 2.75) is 39.5 Å².